The van der Waals surface area contributed by atoms with Crippen LogP contribution >= 0.6 is 11.8 Å². The summed E-state index contributed by atoms with van der Waals surface area (Å²) >= 11 is 1.36. The van der Waals surface area contributed by atoms with Crippen LogP contribution in [0.5, 0.6) is 5.75 Å². The zero-order chi connectivity index (χ0) is 22.2. The third kappa shape index (κ3) is 5.53. The minimum absolute atomic E-state index is 0.110. The molecule has 0 unspecified atom stereocenters. The first kappa shape index (κ1) is 21.6. The van der Waals surface area contributed by atoms with Gasteiger partial charge >= 0.3 is 0 Å². The first-order valence-electron chi connectivity index (χ1n) is 10.3. The summed E-state index contributed by atoms with van der Waals surface area (Å²) in [6.45, 7) is 3.22. The van der Waals surface area contributed by atoms with Crippen molar-refractivity contribution in [2.75, 3.05) is 11.1 Å². The molecule has 4 aromatic rings. The van der Waals surface area contributed by atoms with Crippen LogP contribution in [0.15, 0.2) is 84.3 Å². The van der Waals surface area contributed by atoms with E-state index >= 15 is 0 Å². The van der Waals surface area contributed by atoms with Crippen molar-refractivity contribution >= 4 is 23.4 Å². The smallest absolute Gasteiger partial charge is 0.234 e. The van der Waals surface area contributed by atoms with E-state index in [1.54, 1.807) is 12.4 Å². The van der Waals surface area contributed by atoms with E-state index in [0.29, 0.717) is 18.3 Å². The number of hydrogen-bond acceptors (Lipinski definition) is 6. The SMILES string of the molecule is CCn1c(SCC(=O)Nc2ccc(OCc3ccccc3)cc2)nnc1-c1cccnc1. The first-order chi connectivity index (χ1) is 15.7. The highest BCUT2D eigenvalue weighted by Crippen LogP contribution is 2.24. The summed E-state index contributed by atoms with van der Waals surface area (Å²) in [5.74, 6) is 1.62. The normalized spacial score (nSPS) is 10.7. The minimum atomic E-state index is -0.110. The average Bonchev–Trinajstić information content (AvgIpc) is 3.26. The number of ether oxygens (including phenoxy) is 1. The number of hydrogen-bond donors (Lipinski definition) is 1. The highest BCUT2D eigenvalue weighted by molar-refractivity contribution is 7.99. The quantitative estimate of drug-likeness (QED) is 0.377. The van der Waals surface area contributed by atoms with Crippen molar-refractivity contribution in [3.8, 4) is 17.1 Å². The van der Waals surface area contributed by atoms with Crippen LogP contribution in [0.1, 0.15) is 12.5 Å². The van der Waals surface area contributed by atoms with Gasteiger partial charge in [0.1, 0.15) is 12.4 Å². The Morgan fingerprint density at radius 1 is 1.03 bits per heavy atom. The van der Waals surface area contributed by atoms with E-state index in [-0.39, 0.29) is 11.7 Å². The van der Waals surface area contributed by atoms with Gasteiger partial charge in [0.2, 0.25) is 5.91 Å². The topological polar surface area (TPSA) is 81.9 Å². The van der Waals surface area contributed by atoms with Gasteiger partial charge in [-0.15, -0.1) is 10.2 Å². The number of pyridine rings is 1. The lowest BCUT2D eigenvalue weighted by atomic mass is 10.2. The molecular formula is C24H23N5O2S. The molecule has 0 fully saturated rings. The van der Waals surface area contributed by atoms with E-state index in [2.05, 4.69) is 20.5 Å². The summed E-state index contributed by atoms with van der Waals surface area (Å²) in [5, 5.41) is 12.1. The van der Waals surface area contributed by atoms with Crippen LogP contribution in [-0.2, 0) is 17.9 Å². The molecule has 1 amide bonds. The molecule has 32 heavy (non-hydrogen) atoms. The van der Waals surface area contributed by atoms with Crippen LogP contribution in [0.3, 0.4) is 0 Å². The standard InChI is InChI=1S/C24H23N5O2S/c1-2-29-23(19-9-6-14-25-15-19)27-28-24(29)32-17-22(30)26-20-10-12-21(13-11-20)31-16-18-7-4-3-5-8-18/h3-15H,2,16-17H2,1H3,(H,26,30). The lowest BCUT2D eigenvalue weighted by molar-refractivity contribution is -0.113. The molecule has 7 nitrogen and oxygen atoms in total. The largest absolute Gasteiger partial charge is 0.489 e. The molecule has 0 saturated carbocycles. The van der Waals surface area contributed by atoms with Gasteiger partial charge in [0.05, 0.1) is 5.75 Å². The number of benzene rings is 2. The minimum Gasteiger partial charge on any atom is -0.489 e. The second-order valence-electron chi connectivity index (χ2n) is 6.93. The van der Waals surface area contributed by atoms with Gasteiger partial charge in [-0.1, -0.05) is 42.1 Å². The number of carbonyl (C=O) groups is 1. The van der Waals surface area contributed by atoms with E-state index < -0.39 is 0 Å². The summed E-state index contributed by atoms with van der Waals surface area (Å²) in [5.41, 5.74) is 2.72. The van der Waals surface area contributed by atoms with E-state index in [1.165, 1.54) is 11.8 Å². The molecule has 2 heterocycles. The van der Waals surface area contributed by atoms with Crippen molar-refractivity contribution in [3.63, 3.8) is 0 Å². The molecular weight excluding hydrogens is 422 g/mol. The molecule has 2 aromatic heterocycles. The zero-order valence-corrected chi connectivity index (χ0v) is 18.5. The lowest BCUT2D eigenvalue weighted by Crippen LogP contribution is -2.14. The molecule has 4 rings (SSSR count). The molecule has 0 spiro atoms. The number of anilines is 1. The van der Waals surface area contributed by atoms with Crippen LogP contribution < -0.4 is 10.1 Å². The van der Waals surface area contributed by atoms with Crippen molar-refractivity contribution in [2.45, 2.75) is 25.2 Å². The molecule has 0 aliphatic heterocycles. The van der Waals surface area contributed by atoms with Crippen LogP contribution in [0.25, 0.3) is 11.4 Å². The third-order valence-electron chi connectivity index (χ3n) is 4.67. The maximum absolute atomic E-state index is 12.4. The Balaban J connectivity index is 1.30. The Labute approximate surface area is 190 Å². The number of carbonyl (C=O) groups excluding carboxylic acids is 1. The number of rotatable bonds is 9. The van der Waals surface area contributed by atoms with Gasteiger partial charge in [-0.25, -0.2) is 0 Å². The molecule has 0 aliphatic carbocycles. The van der Waals surface area contributed by atoms with Crippen LogP contribution in [-0.4, -0.2) is 31.4 Å². The summed E-state index contributed by atoms with van der Waals surface area (Å²) in [6.07, 6.45) is 3.47. The van der Waals surface area contributed by atoms with Gasteiger partial charge in [0.15, 0.2) is 11.0 Å². The van der Waals surface area contributed by atoms with Crippen molar-refractivity contribution in [3.05, 3.63) is 84.7 Å². The summed E-state index contributed by atoms with van der Waals surface area (Å²) < 4.78 is 7.76. The van der Waals surface area contributed by atoms with E-state index in [4.69, 9.17) is 4.74 Å². The van der Waals surface area contributed by atoms with Crippen LogP contribution in [0.2, 0.25) is 0 Å². The molecule has 0 bridgehead atoms. The van der Waals surface area contributed by atoms with Gasteiger partial charge in [-0.05, 0) is 48.9 Å². The van der Waals surface area contributed by atoms with Crippen molar-refractivity contribution < 1.29 is 9.53 Å². The molecule has 162 valence electrons. The molecule has 2 aromatic carbocycles. The van der Waals surface area contributed by atoms with Crippen molar-refractivity contribution in [1.82, 2.24) is 19.7 Å². The molecule has 0 aliphatic rings. The summed E-state index contributed by atoms with van der Waals surface area (Å²) in [6, 6.07) is 21.1. The van der Waals surface area contributed by atoms with Gasteiger partial charge in [0.25, 0.3) is 0 Å². The average molecular weight is 446 g/mol. The number of nitrogens with zero attached hydrogens (tertiary/aromatic N) is 4. The van der Waals surface area contributed by atoms with Crippen LogP contribution in [0, 0.1) is 0 Å². The Morgan fingerprint density at radius 3 is 2.56 bits per heavy atom. The summed E-state index contributed by atoms with van der Waals surface area (Å²) in [7, 11) is 0. The van der Waals surface area contributed by atoms with Gasteiger partial charge < -0.3 is 14.6 Å². The predicted octanol–water partition coefficient (Wildman–Crippen LogP) is 4.67. The van der Waals surface area contributed by atoms with Crippen molar-refractivity contribution in [2.24, 2.45) is 0 Å². The number of amides is 1. The fourth-order valence-corrected chi connectivity index (χ4v) is 3.89. The summed E-state index contributed by atoms with van der Waals surface area (Å²) in [4.78, 5) is 16.6. The Kier molecular flexibility index (Phi) is 7.14. The second-order valence-corrected chi connectivity index (χ2v) is 7.87. The van der Waals surface area contributed by atoms with Gasteiger partial charge in [-0.2, -0.15) is 0 Å². The van der Waals surface area contributed by atoms with Gasteiger partial charge in [-0.3, -0.25) is 9.78 Å². The Morgan fingerprint density at radius 2 is 1.84 bits per heavy atom. The number of nitrogens with one attached hydrogen (secondary N) is 1. The Bertz CT molecular complexity index is 1150. The second kappa shape index (κ2) is 10.6. The predicted molar refractivity (Wildman–Crippen MR) is 125 cm³/mol. The molecule has 0 radical (unpaired) electrons. The molecule has 8 heteroatoms. The number of aromatic nitrogens is 4. The highest BCUT2D eigenvalue weighted by Gasteiger charge is 2.14. The van der Waals surface area contributed by atoms with E-state index in [1.807, 2.05) is 78.2 Å². The lowest BCUT2D eigenvalue weighted by Gasteiger charge is -2.09. The zero-order valence-electron chi connectivity index (χ0n) is 17.6. The number of thioether (sulfide) groups is 1. The first-order valence-corrected chi connectivity index (χ1v) is 11.2. The highest BCUT2D eigenvalue weighted by atomic mass is 32.2. The monoisotopic (exact) mass is 445 g/mol. The van der Waals surface area contributed by atoms with Crippen LogP contribution in [0.4, 0.5) is 5.69 Å². The maximum atomic E-state index is 12.4. The Hall–Kier alpha value is -3.65. The molecule has 0 atom stereocenters. The van der Waals surface area contributed by atoms with E-state index in [0.717, 1.165) is 28.4 Å². The molecule has 0 saturated heterocycles. The fraction of sp³-hybridized carbons (Fsp3) is 0.167. The fourth-order valence-electron chi connectivity index (χ4n) is 3.09. The maximum Gasteiger partial charge on any atom is 0.234 e. The van der Waals surface area contributed by atoms with E-state index in [9.17, 15) is 4.79 Å². The van der Waals surface area contributed by atoms with Gasteiger partial charge in [0, 0.05) is 30.2 Å². The third-order valence-corrected chi connectivity index (χ3v) is 5.64. The molecule has 1 N–H and O–H groups in total. The van der Waals surface area contributed by atoms with Crippen molar-refractivity contribution in [1.29, 1.82) is 0 Å².